The molecule has 0 atom stereocenters. The van der Waals surface area contributed by atoms with E-state index in [0.717, 1.165) is 0 Å². The Labute approximate surface area is 101 Å². The lowest BCUT2D eigenvalue weighted by Crippen LogP contribution is -2.12. The Balaban J connectivity index is 3.37. The molecule has 0 unspecified atom stereocenters. The lowest BCUT2D eigenvalue weighted by molar-refractivity contribution is 0.0646. The fourth-order valence-electron chi connectivity index (χ4n) is 1.14. The van der Waals surface area contributed by atoms with Crippen molar-refractivity contribution in [1.29, 1.82) is 0 Å². The van der Waals surface area contributed by atoms with Gasteiger partial charge in [-0.2, -0.15) is 0 Å². The van der Waals surface area contributed by atoms with Crippen molar-refractivity contribution in [3.8, 4) is 0 Å². The van der Waals surface area contributed by atoms with E-state index in [4.69, 9.17) is 33.4 Å². The van der Waals surface area contributed by atoms with Crippen molar-refractivity contribution in [2.75, 3.05) is 5.88 Å². The fraction of sp³-hybridized carbons (Fsp3) is 0.222. The second-order valence-electron chi connectivity index (χ2n) is 2.88. The molecule has 0 aliphatic carbocycles. The number of carboxylic acid groups (broad SMARTS) is 2. The van der Waals surface area contributed by atoms with Crippen molar-refractivity contribution in [2.24, 2.45) is 0 Å². The summed E-state index contributed by atoms with van der Waals surface area (Å²) in [5.74, 6) is -2.55. The highest BCUT2D eigenvalue weighted by molar-refractivity contribution is 6.30. The third-order valence-corrected chi connectivity index (χ3v) is 2.36. The first-order valence-electron chi connectivity index (χ1n) is 4.19. The Bertz CT molecular complexity index is 447. The largest absolute Gasteiger partial charge is 0.478 e. The van der Waals surface area contributed by atoms with Crippen LogP contribution in [0.15, 0.2) is 6.07 Å². The second kappa shape index (κ2) is 5.14. The summed E-state index contributed by atoms with van der Waals surface area (Å²) in [5, 5.41) is 17.5. The topological polar surface area (TPSA) is 87.5 Å². The third kappa shape index (κ3) is 2.62. The SMILES string of the molecule is O=C(O)c1cc(CCCl)c(Cl)nc1C(=O)O. The van der Waals surface area contributed by atoms with Crippen LogP contribution >= 0.6 is 23.2 Å². The van der Waals surface area contributed by atoms with Crippen molar-refractivity contribution in [2.45, 2.75) is 6.42 Å². The number of aryl methyl sites for hydroxylation is 1. The van der Waals surface area contributed by atoms with Gasteiger partial charge in [-0.1, -0.05) is 11.6 Å². The molecule has 0 amide bonds. The highest BCUT2D eigenvalue weighted by Crippen LogP contribution is 2.19. The van der Waals surface area contributed by atoms with Gasteiger partial charge in [0, 0.05) is 5.88 Å². The molecule has 0 saturated heterocycles. The average molecular weight is 264 g/mol. The Hall–Kier alpha value is -1.33. The van der Waals surface area contributed by atoms with Crippen LogP contribution in [0.2, 0.25) is 5.15 Å². The van der Waals surface area contributed by atoms with Crippen LogP contribution in [0.25, 0.3) is 0 Å². The molecule has 0 radical (unpaired) electrons. The van der Waals surface area contributed by atoms with Gasteiger partial charge in [0.1, 0.15) is 5.15 Å². The lowest BCUT2D eigenvalue weighted by atomic mass is 10.1. The van der Waals surface area contributed by atoms with E-state index in [2.05, 4.69) is 4.98 Å². The first-order chi connectivity index (χ1) is 7.47. The quantitative estimate of drug-likeness (QED) is 0.640. The first kappa shape index (κ1) is 12.7. The molecule has 1 aromatic heterocycles. The summed E-state index contributed by atoms with van der Waals surface area (Å²) in [6, 6.07) is 1.18. The van der Waals surface area contributed by atoms with Crippen LogP contribution < -0.4 is 0 Å². The summed E-state index contributed by atoms with van der Waals surface area (Å²) in [4.78, 5) is 25.1. The highest BCUT2D eigenvalue weighted by Gasteiger charge is 2.20. The number of alkyl halides is 1. The number of carbonyl (C=O) groups is 2. The molecule has 2 N–H and O–H groups in total. The molecule has 0 fully saturated rings. The molecular formula is C9H7Cl2NO4. The van der Waals surface area contributed by atoms with Crippen LogP contribution in [0.5, 0.6) is 0 Å². The van der Waals surface area contributed by atoms with Crippen LogP contribution in [0, 0.1) is 0 Å². The van der Waals surface area contributed by atoms with Crippen molar-refractivity contribution < 1.29 is 19.8 Å². The normalized spacial score (nSPS) is 10.1. The first-order valence-corrected chi connectivity index (χ1v) is 5.10. The molecule has 1 aromatic rings. The van der Waals surface area contributed by atoms with E-state index in [1.807, 2.05) is 0 Å². The number of pyridine rings is 1. The smallest absolute Gasteiger partial charge is 0.355 e. The van der Waals surface area contributed by atoms with Crippen LogP contribution in [-0.4, -0.2) is 33.0 Å². The molecule has 86 valence electrons. The zero-order valence-electron chi connectivity index (χ0n) is 7.91. The summed E-state index contributed by atoms with van der Waals surface area (Å²) in [7, 11) is 0. The Morgan fingerprint density at radius 3 is 2.38 bits per heavy atom. The maximum atomic E-state index is 10.8. The van der Waals surface area contributed by atoms with Gasteiger partial charge in [-0.3, -0.25) is 0 Å². The predicted octanol–water partition coefficient (Wildman–Crippen LogP) is 1.91. The average Bonchev–Trinajstić information content (AvgIpc) is 2.20. The minimum absolute atomic E-state index is 0.0388. The van der Waals surface area contributed by atoms with Crippen LogP contribution in [0.3, 0.4) is 0 Å². The number of nitrogens with zero attached hydrogens (tertiary/aromatic N) is 1. The number of aromatic nitrogens is 1. The van der Waals surface area contributed by atoms with E-state index in [-0.39, 0.29) is 11.0 Å². The minimum Gasteiger partial charge on any atom is -0.478 e. The summed E-state index contributed by atoms with van der Waals surface area (Å²) in [6.45, 7) is 0. The van der Waals surface area contributed by atoms with Gasteiger partial charge in [0.05, 0.1) is 5.56 Å². The Kier molecular flexibility index (Phi) is 4.09. The van der Waals surface area contributed by atoms with Crippen molar-refractivity contribution >= 4 is 35.1 Å². The summed E-state index contributed by atoms with van der Waals surface area (Å²) in [6.07, 6.45) is 0.327. The minimum atomic E-state index is -1.43. The Morgan fingerprint density at radius 2 is 1.94 bits per heavy atom. The van der Waals surface area contributed by atoms with Gasteiger partial charge in [0.15, 0.2) is 5.69 Å². The van der Waals surface area contributed by atoms with Gasteiger partial charge in [0.2, 0.25) is 0 Å². The lowest BCUT2D eigenvalue weighted by Gasteiger charge is -2.06. The molecule has 0 saturated carbocycles. The second-order valence-corrected chi connectivity index (χ2v) is 3.62. The van der Waals surface area contributed by atoms with Gasteiger partial charge in [0.25, 0.3) is 0 Å². The van der Waals surface area contributed by atoms with Gasteiger partial charge >= 0.3 is 11.9 Å². The molecule has 1 rings (SSSR count). The zero-order chi connectivity index (χ0) is 12.3. The van der Waals surface area contributed by atoms with Gasteiger partial charge in [-0.25, -0.2) is 14.6 Å². The van der Waals surface area contributed by atoms with E-state index in [9.17, 15) is 9.59 Å². The van der Waals surface area contributed by atoms with E-state index >= 15 is 0 Å². The fourth-order valence-corrected chi connectivity index (χ4v) is 1.57. The van der Waals surface area contributed by atoms with E-state index in [1.165, 1.54) is 6.07 Å². The van der Waals surface area contributed by atoms with E-state index < -0.39 is 23.2 Å². The predicted molar refractivity (Wildman–Crippen MR) is 57.6 cm³/mol. The number of rotatable bonds is 4. The number of hydrogen-bond acceptors (Lipinski definition) is 3. The standard InChI is InChI=1S/C9H7Cl2NO4/c10-2-1-4-3-5(8(13)14)6(9(15)16)12-7(4)11/h3H,1-2H2,(H,13,14)(H,15,16). The van der Waals surface area contributed by atoms with Crippen LogP contribution in [0.4, 0.5) is 0 Å². The van der Waals surface area contributed by atoms with E-state index in [1.54, 1.807) is 0 Å². The molecule has 0 aliphatic heterocycles. The number of carboxylic acids is 2. The summed E-state index contributed by atoms with van der Waals surface area (Å²) < 4.78 is 0. The Morgan fingerprint density at radius 1 is 1.31 bits per heavy atom. The maximum absolute atomic E-state index is 10.8. The molecule has 5 nitrogen and oxygen atoms in total. The van der Waals surface area contributed by atoms with Gasteiger partial charge in [-0.15, -0.1) is 11.6 Å². The third-order valence-electron chi connectivity index (χ3n) is 1.85. The number of halogens is 2. The maximum Gasteiger partial charge on any atom is 0.355 e. The highest BCUT2D eigenvalue weighted by atomic mass is 35.5. The zero-order valence-corrected chi connectivity index (χ0v) is 9.42. The van der Waals surface area contributed by atoms with Crippen LogP contribution in [-0.2, 0) is 6.42 Å². The molecular weight excluding hydrogens is 257 g/mol. The summed E-state index contributed by atoms with van der Waals surface area (Å²) >= 11 is 11.2. The molecule has 0 bridgehead atoms. The molecule has 1 heterocycles. The molecule has 16 heavy (non-hydrogen) atoms. The van der Waals surface area contributed by atoms with Gasteiger partial charge < -0.3 is 10.2 Å². The molecule has 0 aliphatic rings. The van der Waals surface area contributed by atoms with Crippen molar-refractivity contribution in [1.82, 2.24) is 4.98 Å². The van der Waals surface area contributed by atoms with Crippen molar-refractivity contribution in [3.05, 3.63) is 28.0 Å². The van der Waals surface area contributed by atoms with E-state index in [0.29, 0.717) is 12.0 Å². The van der Waals surface area contributed by atoms with Crippen LogP contribution in [0.1, 0.15) is 26.4 Å². The molecule has 0 spiro atoms. The molecule has 7 heteroatoms. The van der Waals surface area contributed by atoms with Gasteiger partial charge in [-0.05, 0) is 18.1 Å². The monoisotopic (exact) mass is 263 g/mol. The number of hydrogen-bond donors (Lipinski definition) is 2. The summed E-state index contributed by atoms with van der Waals surface area (Å²) in [5.41, 5.74) is -0.549. The molecule has 0 aromatic carbocycles. The number of aromatic carboxylic acids is 2. The van der Waals surface area contributed by atoms with Crippen molar-refractivity contribution in [3.63, 3.8) is 0 Å².